The van der Waals surface area contributed by atoms with Gasteiger partial charge in [0.1, 0.15) is 11.6 Å². The van der Waals surface area contributed by atoms with Crippen LogP contribution in [0.3, 0.4) is 0 Å². The highest BCUT2D eigenvalue weighted by Crippen LogP contribution is 2.32. The lowest BCUT2D eigenvalue weighted by atomic mass is 10.1. The summed E-state index contributed by atoms with van der Waals surface area (Å²) in [6, 6.07) is 6.82. The van der Waals surface area contributed by atoms with Gasteiger partial charge in [0.2, 0.25) is 0 Å². The van der Waals surface area contributed by atoms with Crippen LogP contribution in [0.15, 0.2) is 47.4 Å². The molecule has 0 radical (unpaired) electrons. The summed E-state index contributed by atoms with van der Waals surface area (Å²) >= 11 is 0. The Morgan fingerprint density at radius 3 is 2.31 bits per heavy atom. The van der Waals surface area contributed by atoms with Gasteiger partial charge in [0.25, 0.3) is 10.0 Å². The van der Waals surface area contributed by atoms with Crippen LogP contribution in [0.5, 0.6) is 5.75 Å². The number of rotatable bonds is 5. The number of fused-ring (bicyclic) bond motifs is 1. The summed E-state index contributed by atoms with van der Waals surface area (Å²) in [4.78, 5) is 10.8. The van der Waals surface area contributed by atoms with Gasteiger partial charge in [-0.15, -0.1) is 13.2 Å². The Bertz CT molecular complexity index is 1200. The van der Waals surface area contributed by atoms with E-state index in [0.717, 1.165) is 40.4 Å². The van der Waals surface area contributed by atoms with E-state index in [2.05, 4.69) is 4.74 Å². The number of nitrogens with zero attached hydrogens (tertiary/aromatic N) is 1. The monoisotopic (exact) mass is 431 g/mol. The zero-order valence-electron chi connectivity index (χ0n) is 14.7. The lowest BCUT2D eigenvalue weighted by Gasteiger charge is -2.12. The van der Waals surface area contributed by atoms with Crippen molar-refractivity contribution in [1.82, 2.24) is 3.97 Å². The summed E-state index contributed by atoms with van der Waals surface area (Å²) in [5.41, 5.74) is 0.229. The Kier molecular flexibility index (Phi) is 5.03. The quantitative estimate of drug-likeness (QED) is 0.621. The van der Waals surface area contributed by atoms with E-state index in [4.69, 9.17) is 5.11 Å². The first-order valence-electron chi connectivity index (χ1n) is 8.03. The molecule has 2 aromatic carbocycles. The van der Waals surface area contributed by atoms with E-state index in [1.165, 1.54) is 13.0 Å². The minimum Gasteiger partial charge on any atom is -0.481 e. The van der Waals surface area contributed by atoms with Gasteiger partial charge in [-0.3, -0.25) is 4.79 Å². The van der Waals surface area contributed by atoms with Crippen molar-refractivity contribution < 1.29 is 40.6 Å². The Labute approximate surface area is 162 Å². The van der Waals surface area contributed by atoms with Crippen molar-refractivity contribution in [2.24, 2.45) is 0 Å². The average Bonchev–Trinajstić information content (AvgIpc) is 2.85. The van der Waals surface area contributed by atoms with Crippen LogP contribution >= 0.6 is 0 Å². The number of carboxylic acids is 1. The summed E-state index contributed by atoms with van der Waals surface area (Å²) in [6.45, 7) is 1.37. The minimum absolute atomic E-state index is 0.0516. The van der Waals surface area contributed by atoms with Crippen molar-refractivity contribution in [1.29, 1.82) is 0 Å². The number of carboxylic acid groups (broad SMARTS) is 1. The van der Waals surface area contributed by atoms with Gasteiger partial charge in [0.05, 0.1) is 16.8 Å². The third kappa shape index (κ3) is 4.04. The van der Waals surface area contributed by atoms with Gasteiger partial charge >= 0.3 is 12.3 Å². The van der Waals surface area contributed by atoms with Crippen molar-refractivity contribution >= 4 is 26.9 Å². The summed E-state index contributed by atoms with van der Waals surface area (Å²) in [6.07, 6.45) is -5.46. The molecule has 1 heterocycles. The maximum Gasteiger partial charge on any atom is 0.573 e. The lowest BCUT2D eigenvalue weighted by Crippen LogP contribution is -2.17. The fraction of sp³-hybridized carbons (Fsp3) is 0.167. The van der Waals surface area contributed by atoms with E-state index < -0.39 is 40.3 Å². The predicted octanol–water partition coefficient (Wildman–Crippen LogP) is 3.85. The van der Waals surface area contributed by atoms with Gasteiger partial charge in [0, 0.05) is 11.1 Å². The van der Waals surface area contributed by atoms with Crippen molar-refractivity contribution in [2.45, 2.75) is 24.6 Å². The molecule has 0 saturated carbocycles. The summed E-state index contributed by atoms with van der Waals surface area (Å²) in [5, 5.41) is 9.23. The molecule has 1 N–H and O–H groups in total. The molecule has 0 aliphatic heterocycles. The molecule has 0 atom stereocenters. The number of carbonyl (C=O) groups is 1. The molecule has 0 aliphatic carbocycles. The molecular weight excluding hydrogens is 418 g/mol. The van der Waals surface area contributed by atoms with E-state index in [0.29, 0.717) is 0 Å². The predicted molar refractivity (Wildman–Crippen MR) is 93.7 cm³/mol. The second-order valence-electron chi connectivity index (χ2n) is 6.08. The number of hydrogen-bond acceptors (Lipinski definition) is 4. The van der Waals surface area contributed by atoms with Gasteiger partial charge < -0.3 is 9.84 Å². The lowest BCUT2D eigenvalue weighted by molar-refractivity contribution is -0.274. The first-order chi connectivity index (χ1) is 13.4. The molecule has 0 fully saturated rings. The molecule has 29 heavy (non-hydrogen) atoms. The maximum absolute atomic E-state index is 13.7. The summed E-state index contributed by atoms with van der Waals surface area (Å²) in [5.74, 6) is -2.51. The van der Waals surface area contributed by atoms with E-state index in [-0.39, 0.29) is 27.1 Å². The second-order valence-corrected chi connectivity index (χ2v) is 7.87. The first-order valence-corrected chi connectivity index (χ1v) is 9.47. The van der Waals surface area contributed by atoms with Gasteiger partial charge in [-0.25, -0.2) is 16.8 Å². The van der Waals surface area contributed by atoms with E-state index in [9.17, 15) is 30.8 Å². The van der Waals surface area contributed by atoms with Crippen molar-refractivity contribution in [3.8, 4) is 5.75 Å². The highest BCUT2D eigenvalue weighted by atomic mass is 32.2. The molecule has 0 aliphatic rings. The first kappa shape index (κ1) is 20.6. The molecule has 0 unspecified atom stereocenters. The van der Waals surface area contributed by atoms with Crippen LogP contribution in [0.1, 0.15) is 11.3 Å². The van der Waals surface area contributed by atoms with Crippen molar-refractivity contribution in [3.63, 3.8) is 0 Å². The number of hydrogen-bond donors (Lipinski definition) is 1. The zero-order valence-corrected chi connectivity index (χ0v) is 15.5. The van der Waals surface area contributed by atoms with Crippen LogP contribution in [0, 0.1) is 12.7 Å². The van der Waals surface area contributed by atoms with Crippen molar-refractivity contribution in [3.05, 3.63) is 59.5 Å². The molecule has 3 rings (SSSR count). The highest BCUT2D eigenvalue weighted by Gasteiger charge is 2.31. The number of alkyl halides is 3. The molecule has 0 bridgehead atoms. The van der Waals surface area contributed by atoms with Crippen molar-refractivity contribution in [2.75, 3.05) is 0 Å². The largest absolute Gasteiger partial charge is 0.573 e. The molecule has 0 spiro atoms. The number of aromatic nitrogens is 1. The SMILES string of the molecule is Cc1c(CC(=O)O)c2cc(F)ccc2n1S(=O)(=O)c1ccc(OC(F)(F)F)cc1. The fourth-order valence-corrected chi connectivity index (χ4v) is 4.61. The Balaban J connectivity index is 2.16. The summed E-state index contributed by atoms with van der Waals surface area (Å²) in [7, 11) is -4.32. The highest BCUT2D eigenvalue weighted by molar-refractivity contribution is 7.90. The van der Waals surface area contributed by atoms with Crippen LogP contribution in [0.4, 0.5) is 17.6 Å². The topological polar surface area (TPSA) is 85.6 Å². The Morgan fingerprint density at radius 1 is 1.14 bits per heavy atom. The summed E-state index contributed by atoms with van der Waals surface area (Å²) < 4.78 is 81.3. The van der Waals surface area contributed by atoms with Gasteiger partial charge in [-0.05, 0) is 55.0 Å². The standard InChI is InChI=1S/C18H13F4NO5S/c1-10-14(9-17(24)25)15-8-11(19)2-7-16(15)23(10)29(26,27)13-5-3-12(4-6-13)28-18(20,21)22/h2-8H,9H2,1H3,(H,24,25). The van der Waals surface area contributed by atoms with E-state index in [1.54, 1.807) is 0 Å². The normalized spacial score (nSPS) is 12.3. The minimum atomic E-state index is -4.93. The Morgan fingerprint density at radius 2 is 1.76 bits per heavy atom. The zero-order chi connectivity index (χ0) is 21.6. The Hall–Kier alpha value is -3.08. The molecule has 3 aromatic rings. The van der Waals surface area contributed by atoms with E-state index >= 15 is 0 Å². The second kappa shape index (κ2) is 7.07. The molecule has 1 aromatic heterocycles. The molecular formula is C18H13F4NO5S. The molecule has 0 amide bonds. The van der Waals surface area contributed by atoms with Crippen LogP contribution < -0.4 is 4.74 Å². The average molecular weight is 431 g/mol. The van der Waals surface area contributed by atoms with Gasteiger partial charge in [-0.2, -0.15) is 0 Å². The smallest absolute Gasteiger partial charge is 0.481 e. The molecule has 11 heteroatoms. The van der Waals surface area contributed by atoms with Crippen LogP contribution in [0.25, 0.3) is 10.9 Å². The number of ether oxygens (including phenoxy) is 1. The van der Waals surface area contributed by atoms with Crippen LogP contribution in [0.2, 0.25) is 0 Å². The number of halogens is 4. The third-order valence-electron chi connectivity index (χ3n) is 4.17. The number of aliphatic carboxylic acids is 1. The van der Waals surface area contributed by atoms with Gasteiger partial charge in [0.15, 0.2) is 0 Å². The molecule has 154 valence electrons. The van der Waals surface area contributed by atoms with Crippen LogP contribution in [-0.4, -0.2) is 29.8 Å². The third-order valence-corrected chi connectivity index (χ3v) is 5.99. The van der Waals surface area contributed by atoms with Gasteiger partial charge in [-0.1, -0.05) is 0 Å². The number of benzene rings is 2. The molecule has 6 nitrogen and oxygen atoms in total. The molecule has 0 saturated heterocycles. The fourth-order valence-electron chi connectivity index (χ4n) is 3.03. The van der Waals surface area contributed by atoms with E-state index in [1.807, 2.05) is 0 Å². The maximum atomic E-state index is 13.7. The van der Waals surface area contributed by atoms with Crippen LogP contribution in [-0.2, 0) is 21.2 Å².